The smallest absolute Gasteiger partial charge is 0.192 e. The van der Waals surface area contributed by atoms with Crippen molar-refractivity contribution in [2.75, 3.05) is 6.61 Å². The molecule has 0 N–H and O–H groups in total. The van der Waals surface area contributed by atoms with Crippen LogP contribution in [0.3, 0.4) is 0 Å². The quantitative estimate of drug-likeness (QED) is 0.665. The van der Waals surface area contributed by atoms with Gasteiger partial charge in [0.2, 0.25) is 0 Å². The van der Waals surface area contributed by atoms with Crippen LogP contribution in [-0.2, 0) is 4.43 Å². The van der Waals surface area contributed by atoms with E-state index in [1.807, 2.05) is 18.2 Å². The van der Waals surface area contributed by atoms with Crippen molar-refractivity contribution in [1.29, 1.82) is 0 Å². The molecule has 0 bridgehead atoms. The summed E-state index contributed by atoms with van der Waals surface area (Å²) < 4.78 is 7.21. The van der Waals surface area contributed by atoms with E-state index in [-0.39, 0.29) is 5.04 Å². The van der Waals surface area contributed by atoms with Crippen LogP contribution in [0.1, 0.15) is 26.3 Å². The van der Waals surface area contributed by atoms with Gasteiger partial charge in [-0.25, -0.2) is 0 Å². The van der Waals surface area contributed by atoms with Crippen molar-refractivity contribution in [1.82, 2.24) is 0 Å². The standard InChI is InChI=1S/C15H23BrOSi/c1-15(2,3)18(4,5)17-12-8-10-13-9-6-7-11-14(13)16/h6-11H,12H2,1-5H3. The average Bonchev–Trinajstić information content (AvgIpc) is 2.25. The SMILES string of the molecule is CC(C)(C)[Si](C)(C)OCC=Cc1ccccc1Br. The molecule has 0 aliphatic rings. The lowest BCUT2D eigenvalue weighted by atomic mass is 10.2. The first kappa shape index (κ1) is 15.7. The first-order valence-corrected chi connectivity index (χ1v) is 9.99. The van der Waals surface area contributed by atoms with Gasteiger partial charge in [-0.3, -0.25) is 0 Å². The Balaban J connectivity index is 2.55. The molecule has 0 amide bonds. The lowest BCUT2D eigenvalue weighted by Crippen LogP contribution is -2.40. The predicted molar refractivity (Wildman–Crippen MR) is 86.3 cm³/mol. The van der Waals surface area contributed by atoms with E-state index in [0.29, 0.717) is 6.61 Å². The Labute approximate surface area is 121 Å². The third-order valence-corrected chi connectivity index (χ3v) is 8.77. The molecule has 3 heteroatoms. The van der Waals surface area contributed by atoms with Gasteiger partial charge in [0.1, 0.15) is 0 Å². The Kier molecular flexibility index (Phi) is 5.38. The molecule has 0 heterocycles. The minimum absolute atomic E-state index is 0.272. The lowest BCUT2D eigenvalue weighted by Gasteiger charge is -2.35. The largest absolute Gasteiger partial charge is 0.413 e. The molecule has 0 atom stereocenters. The maximum absolute atomic E-state index is 6.09. The van der Waals surface area contributed by atoms with Crippen molar-refractivity contribution in [3.8, 4) is 0 Å². The van der Waals surface area contributed by atoms with E-state index in [2.05, 4.69) is 68.0 Å². The number of hydrogen-bond donors (Lipinski definition) is 0. The number of rotatable bonds is 4. The van der Waals surface area contributed by atoms with E-state index >= 15 is 0 Å². The molecule has 0 aliphatic carbocycles. The highest BCUT2D eigenvalue weighted by Gasteiger charge is 2.36. The van der Waals surface area contributed by atoms with Crippen molar-refractivity contribution in [2.45, 2.75) is 38.9 Å². The molecule has 0 spiro atoms. The van der Waals surface area contributed by atoms with Crippen LogP contribution >= 0.6 is 15.9 Å². The second-order valence-corrected chi connectivity index (χ2v) is 11.7. The first-order chi connectivity index (χ1) is 8.24. The number of benzene rings is 1. The topological polar surface area (TPSA) is 9.23 Å². The molecule has 0 saturated heterocycles. The van der Waals surface area contributed by atoms with Gasteiger partial charge >= 0.3 is 0 Å². The minimum atomic E-state index is -1.62. The molecule has 0 fully saturated rings. The summed E-state index contributed by atoms with van der Waals surface area (Å²) in [4.78, 5) is 0. The molecular weight excluding hydrogens is 304 g/mol. The summed E-state index contributed by atoms with van der Waals surface area (Å²) in [5.41, 5.74) is 1.19. The zero-order valence-electron chi connectivity index (χ0n) is 12.0. The molecule has 0 unspecified atom stereocenters. The van der Waals surface area contributed by atoms with E-state index in [0.717, 1.165) is 4.47 Å². The molecule has 0 radical (unpaired) electrons. The van der Waals surface area contributed by atoms with Crippen LogP contribution in [0.2, 0.25) is 18.1 Å². The normalized spacial score (nSPS) is 13.2. The zero-order chi connectivity index (χ0) is 13.8. The van der Waals surface area contributed by atoms with Crippen LogP contribution in [-0.4, -0.2) is 14.9 Å². The molecule has 1 aromatic rings. The summed E-state index contributed by atoms with van der Waals surface area (Å²) >= 11 is 3.54. The van der Waals surface area contributed by atoms with Crippen LogP contribution < -0.4 is 0 Å². The van der Waals surface area contributed by atoms with Gasteiger partial charge in [-0.05, 0) is 29.8 Å². The van der Waals surface area contributed by atoms with Crippen LogP contribution in [0.4, 0.5) is 0 Å². The highest BCUT2D eigenvalue weighted by Crippen LogP contribution is 2.36. The van der Waals surface area contributed by atoms with Gasteiger partial charge in [0.05, 0.1) is 6.61 Å². The monoisotopic (exact) mass is 326 g/mol. The number of hydrogen-bond acceptors (Lipinski definition) is 1. The highest BCUT2D eigenvalue weighted by atomic mass is 79.9. The highest BCUT2D eigenvalue weighted by molar-refractivity contribution is 9.10. The van der Waals surface area contributed by atoms with Crippen LogP contribution in [0.25, 0.3) is 6.08 Å². The molecule has 0 aliphatic heterocycles. The molecule has 18 heavy (non-hydrogen) atoms. The van der Waals surface area contributed by atoms with E-state index in [1.165, 1.54) is 5.56 Å². The molecule has 0 saturated carbocycles. The van der Waals surface area contributed by atoms with Gasteiger partial charge in [-0.15, -0.1) is 0 Å². The van der Waals surface area contributed by atoms with Crippen molar-refractivity contribution in [2.24, 2.45) is 0 Å². The van der Waals surface area contributed by atoms with E-state index in [9.17, 15) is 0 Å². The summed E-state index contributed by atoms with van der Waals surface area (Å²) in [6.07, 6.45) is 4.21. The second-order valence-electron chi connectivity index (χ2n) is 6.00. The van der Waals surface area contributed by atoms with Crippen molar-refractivity contribution in [3.63, 3.8) is 0 Å². The van der Waals surface area contributed by atoms with E-state index in [4.69, 9.17) is 4.43 Å². The zero-order valence-corrected chi connectivity index (χ0v) is 14.5. The van der Waals surface area contributed by atoms with Gasteiger partial charge < -0.3 is 4.43 Å². The van der Waals surface area contributed by atoms with Gasteiger partial charge in [-0.1, -0.05) is 67.1 Å². The Bertz CT molecular complexity index is 419. The average molecular weight is 327 g/mol. The van der Waals surface area contributed by atoms with Crippen LogP contribution in [0.15, 0.2) is 34.8 Å². The van der Waals surface area contributed by atoms with E-state index in [1.54, 1.807) is 0 Å². The molecule has 1 aromatic carbocycles. The Morgan fingerprint density at radius 1 is 1.22 bits per heavy atom. The van der Waals surface area contributed by atoms with Gasteiger partial charge in [-0.2, -0.15) is 0 Å². The Morgan fingerprint density at radius 3 is 2.39 bits per heavy atom. The van der Waals surface area contributed by atoms with Crippen molar-refractivity contribution >= 4 is 30.3 Å². The maximum Gasteiger partial charge on any atom is 0.192 e. The fraction of sp³-hybridized carbons (Fsp3) is 0.467. The summed E-state index contributed by atoms with van der Waals surface area (Å²) in [6, 6.07) is 8.20. The molecular formula is C15H23BrOSi. The summed E-state index contributed by atoms with van der Waals surface area (Å²) in [5, 5.41) is 0.272. The molecule has 0 aromatic heterocycles. The third-order valence-electron chi connectivity index (χ3n) is 3.55. The second kappa shape index (κ2) is 6.18. The van der Waals surface area contributed by atoms with Crippen molar-refractivity contribution in [3.05, 3.63) is 40.4 Å². The summed E-state index contributed by atoms with van der Waals surface area (Å²) in [6.45, 7) is 12.0. The Morgan fingerprint density at radius 2 is 1.83 bits per heavy atom. The number of halogens is 1. The van der Waals surface area contributed by atoms with Crippen LogP contribution in [0.5, 0.6) is 0 Å². The lowest BCUT2D eigenvalue weighted by molar-refractivity contribution is 0.328. The fourth-order valence-corrected chi connectivity index (χ4v) is 2.62. The predicted octanol–water partition coefficient (Wildman–Crippen LogP) is 5.48. The summed E-state index contributed by atoms with van der Waals surface area (Å²) in [7, 11) is -1.62. The maximum atomic E-state index is 6.09. The first-order valence-electron chi connectivity index (χ1n) is 6.29. The summed E-state index contributed by atoms with van der Waals surface area (Å²) in [5.74, 6) is 0. The molecule has 1 rings (SSSR count). The van der Waals surface area contributed by atoms with Gasteiger partial charge in [0.25, 0.3) is 0 Å². The third kappa shape index (κ3) is 4.37. The Hall–Kier alpha value is -0.383. The van der Waals surface area contributed by atoms with Gasteiger partial charge in [0, 0.05) is 4.47 Å². The van der Waals surface area contributed by atoms with E-state index < -0.39 is 8.32 Å². The van der Waals surface area contributed by atoms with Gasteiger partial charge in [0.15, 0.2) is 8.32 Å². The fourth-order valence-electron chi connectivity index (χ4n) is 1.26. The molecule has 1 nitrogen and oxygen atoms in total. The minimum Gasteiger partial charge on any atom is -0.413 e. The van der Waals surface area contributed by atoms with Crippen LogP contribution in [0, 0.1) is 0 Å². The molecule has 100 valence electrons. The van der Waals surface area contributed by atoms with Crippen molar-refractivity contribution < 1.29 is 4.43 Å².